The van der Waals surface area contributed by atoms with Gasteiger partial charge in [0, 0.05) is 25.7 Å². The number of hydrogen-bond acceptors (Lipinski definition) is 4. The molecular weight excluding hydrogens is 380 g/mol. The van der Waals surface area contributed by atoms with Crippen LogP contribution in [0, 0.1) is 0 Å². The fourth-order valence-corrected chi connectivity index (χ4v) is 2.85. The summed E-state index contributed by atoms with van der Waals surface area (Å²) in [4.78, 5) is 16.4. The minimum absolute atomic E-state index is 0.0740. The van der Waals surface area contributed by atoms with Crippen molar-refractivity contribution >= 4 is 11.9 Å². The van der Waals surface area contributed by atoms with Crippen molar-refractivity contribution in [2.45, 2.75) is 39.5 Å². The molecule has 2 aromatic rings. The molecule has 0 heterocycles. The van der Waals surface area contributed by atoms with E-state index in [1.54, 1.807) is 13.1 Å². The first-order chi connectivity index (χ1) is 14.4. The standard InChI is InChI=1S/C23H32N4O3/c1-5-25-23(26-14-17-8-6-10-19(12-17)22(29)24-4)27-15-21(28)18-9-7-11-20(13-18)30-16(2)3/h6-13,16,21,28H,5,14-15H2,1-4H3,(H,24,29)(H2,25,26,27). The molecule has 0 fully saturated rings. The van der Waals surface area contributed by atoms with Gasteiger partial charge in [-0.3, -0.25) is 4.79 Å². The number of rotatable bonds is 9. The number of aliphatic imine (C=N–C) groups is 1. The summed E-state index contributed by atoms with van der Waals surface area (Å²) in [6, 6.07) is 14.8. The van der Waals surface area contributed by atoms with Crippen LogP contribution in [0.25, 0.3) is 0 Å². The highest BCUT2D eigenvalue weighted by atomic mass is 16.5. The van der Waals surface area contributed by atoms with E-state index in [1.807, 2.05) is 63.2 Å². The summed E-state index contributed by atoms with van der Waals surface area (Å²) in [5.41, 5.74) is 2.30. The molecule has 4 N–H and O–H groups in total. The highest BCUT2D eigenvalue weighted by Crippen LogP contribution is 2.20. The van der Waals surface area contributed by atoms with Gasteiger partial charge in [-0.25, -0.2) is 4.99 Å². The second-order valence-corrected chi connectivity index (χ2v) is 7.11. The van der Waals surface area contributed by atoms with Crippen molar-refractivity contribution in [2.75, 3.05) is 20.1 Å². The summed E-state index contributed by atoms with van der Waals surface area (Å²) >= 11 is 0. The van der Waals surface area contributed by atoms with E-state index in [0.29, 0.717) is 31.2 Å². The molecule has 0 aliphatic carbocycles. The summed E-state index contributed by atoms with van der Waals surface area (Å²) in [6.45, 7) is 7.32. The van der Waals surface area contributed by atoms with E-state index in [0.717, 1.165) is 16.9 Å². The van der Waals surface area contributed by atoms with Crippen molar-refractivity contribution in [3.8, 4) is 5.75 Å². The van der Waals surface area contributed by atoms with Gasteiger partial charge in [-0.05, 0) is 56.2 Å². The van der Waals surface area contributed by atoms with Gasteiger partial charge in [0.15, 0.2) is 5.96 Å². The normalized spacial score (nSPS) is 12.4. The first-order valence-corrected chi connectivity index (χ1v) is 10.2. The van der Waals surface area contributed by atoms with Gasteiger partial charge in [-0.1, -0.05) is 24.3 Å². The first kappa shape index (κ1) is 23.2. The number of nitrogens with one attached hydrogen (secondary N) is 3. The maximum Gasteiger partial charge on any atom is 0.251 e. The molecule has 7 heteroatoms. The average Bonchev–Trinajstić information content (AvgIpc) is 2.74. The third-order valence-corrected chi connectivity index (χ3v) is 4.26. The number of ether oxygens (including phenoxy) is 1. The predicted molar refractivity (Wildman–Crippen MR) is 120 cm³/mol. The number of guanidine groups is 1. The Bertz CT molecular complexity index is 852. The molecule has 30 heavy (non-hydrogen) atoms. The zero-order valence-electron chi connectivity index (χ0n) is 18.1. The van der Waals surface area contributed by atoms with Crippen LogP contribution in [0.3, 0.4) is 0 Å². The molecule has 0 aliphatic heterocycles. The van der Waals surface area contributed by atoms with Crippen LogP contribution in [0.15, 0.2) is 53.5 Å². The second-order valence-electron chi connectivity index (χ2n) is 7.11. The molecule has 0 aliphatic rings. The van der Waals surface area contributed by atoms with E-state index in [4.69, 9.17) is 4.74 Å². The number of benzene rings is 2. The van der Waals surface area contributed by atoms with Crippen molar-refractivity contribution in [3.63, 3.8) is 0 Å². The van der Waals surface area contributed by atoms with Gasteiger partial charge in [-0.15, -0.1) is 0 Å². The lowest BCUT2D eigenvalue weighted by Crippen LogP contribution is -2.39. The van der Waals surface area contributed by atoms with Crippen LogP contribution >= 0.6 is 0 Å². The molecule has 1 atom stereocenters. The lowest BCUT2D eigenvalue weighted by Gasteiger charge is -2.17. The second kappa shape index (κ2) is 11.8. The van der Waals surface area contributed by atoms with E-state index < -0.39 is 6.10 Å². The van der Waals surface area contributed by atoms with E-state index in [2.05, 4.69) is 20.9 Å². The average molecular weight is 413 g/mol. The maximum atomic E-state index is 11.8. The summed E-state index contributed by atoms with van der Waals surface area (Å²) in [6.07, 6.45) is -0.633. The van der Waals surface area contributed by atoms with E-state index in [9.17, 15) is 9.90 Å². The van der Waals surface area contributed by atoms with Gasteiger partial charge in [0.1, 0.15) is 5.75 Å². The Balaban J connectivity index is 2.01. The zero-order chi connectivity index (χ0) is 21.9. The van der Waals surface area contributed by atoms with Crippen molar-refractivity contribution < 1.29 is 14.6 Å². The Morgan fingerprint density at radius 1 is 1.13 bits per heavy atom. The molecular formula is C23H32N4O3. The van der Waals surface area contributed by atoms with Crippen molar-refractivity contribution in [1.82, 2.24) is 16.0 Å². The number of aliphatic hydroxyl groups excluding tert-OH is 1. The highest BCUT2D eigenvalue weighted by molar-refractivity contribution is 5.94. The van der Waals surface area contributed by atoms with Crippen molar-refractivity contribution in [2.24, 2.45) is 4.99 Å². The highest BCUT2D eigenvalue weighted by Gasteiger charge is 2.10. The predicted octanol–water partition coefficient (Wildman–Crippen LogP) is 2.62. The molecule has 162 valence electrons. The van der Waals surface area contributed by atoms with Crippen molar-refractivity contribution in [1.29, 1.82) is 0 Å². The minimum Gasteiger partial charge on any atom is -0.491 e. The summed E-state index contributed by atoms with van der Waals surface area (Å²) in [5, 5.41) is 19.5. The number of amides is 1. The zero-order valence-corrected chi connectivity index (χ0v) is 18.1. The van der Waals surface area contributed by atoms with Gasteiger partial charge in [0.25, 0.3) is 5.91 Å². The lowest BCUT2D eigenvalue weighted by molar-refractivity contribution is 0.0963. The third kappa shape index (κ3) is 7.40. The number of carbonyl (C=O) groups excluding carboxylic acids is 1. The van der Waals surface area contributed by atoms with Gasteiger partial charge in [0.05, 0.1) is 18.8 Å². The number of carbonyl (C=O) groups is 1. The summed E-state index contributed by atoms with van der Waals surface area (Å²) in [5.74, 6) is 1.20. The molecule has 7 nitrogen and oxygen atoms in total. The van der Waals surface area contributed by atoms with Crippen LogP contribution < -0.4 is 20.7 Å². The summed E-state index contributed by atoms with van der Waals surface area (Å²) in [7, 11) is 1.61. The van der Waals surface area contributed by atoms with Gasteiger partial charge >= 0.3 is 0 Å². The largest absolute Gasteiger partial charge is 0.491 e. The maximum absolute atomic E-state index is 11.8. The SMILES string of the molecule is CCNC(=NCc1cccc(C(=O)NC)c1)NCC(O)c1cccc(OC(C)C)c1. The first-order valence-electron chi connectivity index (χ1n) is 10.2. The molecule has 2 rings (SSSR count). The molecule has 0 saturated heterocycles. The van der Waals surface area contributed by atoms with E-state index >= 15 is 0 Å². The molecule has 0 bridgehead atoms. The van der Waals surface area contributed by atoms with E-state index in [-0.39, 0.29) is 12.0 Å². The minimum atomic E-state index is -0.707. The smallest absolute Gasteiger partial charge is 0.251 e. The molecule has 1 amide bonds. The van der Waals surface area contributed by atoms with Gasteiger partial charge in [-0.2, -0.15) is 0 Å². The molecule has 0 radical (unpaired) electrons. The van der Waals surface area contributed by atoms with Crippen LogP contribution in [-0.4, -0.2) is 43.2 Å². The Kier molecular flexibility index (Phi) is 9.15. The fourth-order valence-electron chi connectivity index (χ4n) is 2.85. The third-order valence-electron chi connectivity index (χ3n) is 4.26. The van der Waals surface area contributed by atoms with Crippen LogP contribution in [0.1, 0.15) is 48.4 Å². The Morgan fingerprint density at radius 2 is 1.90 bits per heavy atom. The topological polar surface area (TPSA) is 95.0 Å². The quantitative estimate of drug-likeness (QED) is 0.375. The fraction of sp³-hybridized carbons (Fsp3) is 0.391. The summed E-state index contributed by atoms with van der Waals surface area (Å²) < 4.78 is 5.70. The molecule has 0 aromatic heterocycles. The Hall–Kier alpha value is -3.06. The molecule has 1 unspecified atom stereocenters. The number of hydrogen-bond donors (Lipinski definition) is 4. The molecule has 0 spiro atoms. The number of nitrogens with zero attached hydrogens (tertiary/aromatic N) is 1. The molecule has 0 saturated carbocycles. The van der Waals surface area contributed by atoms with Crippen LogP contribution in [0.5, 0.6) is 5.75 Å². The van der Waals surface area contributed by atoms with Crippen LogP contribution in [-0.2, 0) is 6.54 Å². The van der Waals surface area contributed by atoms with E-state index in [1.165, 1.54) is 0 Å². The lowest BCUT2D eigenvalue weighted by atomic mass is 10.1. The van der Waals surface area contributed by atoms with Crippen molar-refractivity contribution in [3.05, 3.63) is 65.2 Å². The Labute approximate surface area is 178 Å². The van der Waals surface area contributed by atoms with Gasteiger partial charge < -0.3 is 25.8 Å². The van der Waals surface area contributed by atoms with Crippen LogP contribution in [0.2, 0.25) is 0 Å². The van der Waals surface area contributed by atoms with Gasteiger partial charge in [0.2, 0.25) is 0 Å². The molecule has 2 aromatic carbocycles. The van der Waals surface area contributed by atoms with Crippen LogP contribution in [0.4, 0.5) is 0 Å². The number of aliphatic hydroxyl groups is 1. The Morgan fingerprint density at radius 3 is 2.60 bits per heavy atom. The monoisotopic (exact) mass is 412 g/mol.